The van der Waals surface area contributed by atoms with E-state index in [9.17, 15) is 0 Å². The number of nitrogens with one attached hydrogen (secondary N) is 2. The van der Waals surface area contributed by atoms with Crippen LogP contribution in [0, 0.1) is 0 Å². The van der Waals surface area contributed by atoms with Gasteiger partial charge in [-0.3, -0.25) is 0 Å². The van der Waals surface area contributed by atoms with Crippen molar-refractivity contribution in [1.82, 2.24) is 15.6 Å². The third-order valence-electron chi connectivity index (χ3n) is 4.84. The molecule has 1 saturated carbocycles. The standard InChI is InChI=1S/C20H25ClN4/c1-2-22-19(24-14-16-9-10-18(21)23-13-16)25-15-20(11-6-12-20)17-7-4-3-5-8-17/h3-5,7-10,13H,2,6,11-12,14-15H2,1H3,(H2,22,24,25). The molecule has 0 bridgehead atoms. The quantitative estimate of drug-likeness (QED) is 0.468. The lowest BCUT2D eigenvalue weighted by molar-refractivity contribution is 0.244. The minimum Gasteiger partial charge on any atom is -0.357 e. The fourth-order valence-corrected chi connectivity index (χ4v) is 3.34. The molecule has 1 aliphatic rings. The lowest BCUT2D eigenvalue weighted by Crippen LogP contribution is -2.48. The van der Waals surface area contributed by atoms with E-state index in [1.165, 1.54) is 24.8 Å². The van der Waals surface area contributed by atoms with E-state index < -0.39 is 0 Å². The molecule has 0 radical (unpaired) electrons. The third-order valence-corrected chi connectivity index (χ3v) is 5.07. The van der Waals surface area contributed by atoms with Crippen LogP contribution in [0.1, 0.15) is 37.3 Å². The molecular formula is C20H25ClN4. The molecule has 2 aromatic rings. The lowest BCUT2D eigenvalue weighted by Gasteiger charge is -2.43. The Morgan fingerprint density at radius 2 is 1.96 bits per heavy atom. The van der Waals surface area contributed by atoms with Gasteiger partial charge >= 0.3 is 0 Å². The molecule has 4 nitrogen and oxygen atoms in total. The van der Waals surface area contributed by atoms with Gasteiger partial charge in [0.15, 0.2) is 5.96 Å². The summed E-state index contributed by atoms with van der Waals surface area (Å²) in [4.78, 5) is 8.79. The molecule has 1 fully saturated rings. The van der Waals surface area contributed by atoms with Crippen molar-refractivity contribution in [2.24, 2.45) is 4.99 Å². The lowest BCUT2D eigenvalue weighted by atomic mass is 9.64. The number of aliphatic imine (C=N–C) groups is 1. The van der Waals surface area contributed by atoms with E-state index in [0.717, 1.165) is 24.6 Å². The largest absolute Gasteiger partial charge is 0.357 e. The molecular weight excluding hydrogens is 332 g/mol. The van der Waals surface area contributed by atoms with Crippen molar-refractivity contribution in [3.8, 4) is 0 Å². The van der Waals surface area contributed by atoms with Gasteiger partial charge in [0.25, 0.3) is 0 Å². The highest BCUT2D eigenvalue weighted by Crippen LogP contribution is 2.43. The maximum atomic E-state index is 5.83. The molecule has 2 N–H and O–H groups in total. The fourth-order valence-electron chi connectivity index (χ4n) is 3.23. The number of nitrogens with zero attached hydrogens (tertiary/aromatic N) is 2. The maximum absolute atomic E-state index is 5.83. The van der Waals surface area contributed by atoms with E-state index in [-0.39, 0.29) is 5.41 Å². The average Bonchev–Trinajstić information content (AvgIpc) is 2.61. The fraction of sp³-hybridized carbons (Fsp3) is 0.400. The first-order valence-corrected chi connectivity index (χ1v) is 9.28. The summed E-state index contributed by atoms with van der Waals surface area (Å²) in [5, 5.41) is 7.37. The van der Waals surface area contributed by atoms with Crippen LogP contribution in [0.3, 0.4) is 0 Å². The van der Waals surface area contributed by atoms with Gasteiger partial charge in [0.2, 0.25) is 0 Å². The van der Waals surface area contributed by atoms with E-state index in [0.29, 0.717) is 11.7 Å². The topological polar surface area (TPSA) is 49.3 Å². The Kier molecular flexibility index (Phi) is 5.92. The molecule has 0 amide bonds. The Hall–Kier alpha value is -2.07. The SMILES string of the molecule is CCNC(=NCc1ccc(Cl)nc1)NCC1(c2ccccc2)CCC1. The van der Waals surface area contributed by atoms with Crippen LogP contribution >= 0.6 is 11.6 Å². The molecule has 3 rings (SSSR count). The Labute approximate surface area is 154 Å². The Bertz CT molecular complexity index is 693. The van der Waals surface area contributed by atoms with Crippen LogP contribution in [-0.4, -0.2) is 24.0 Å². The van der Waals surface area contributed by atoms with Crippen LogP contribution in [0.15, 0.2) is 53.7 Å². The first kappa shape index (κ1) is 17.7. The smallest absolute Gasteiger partial charge is 0.191 e. The van der Waals surface area contributed by atoms with Crippen molar-refractivity contribution < 1.29 is 0 Å². The number of guanidine groups is 1. The molecule has 1 aliphatic carbocycles. The maximum Gasteiger partial charge on any atom is 0.191 e. The van der Waals surface area contributed by atoms with Crippen LogP contribution in [0.5, 0.6) is 0 Å². The van der Waals surface area contributed by atoms with Crippen molar-refractivity contribution in [3.05, 3.63) is 64.9 Å². The number of rotatable bonds is 6. The van der Waals surface area contributed by atoms with Crippen LogP contribution in [0.4, 0.5) is 0 Å². The Balaban J connectivity index is 1.65. The van der Waals surface area contributed by atoms with E-state index >= 15 is 0 Å². The van der Waals surface area contributed by atoms with E-state index in [1.54, 1.807) is 12.3 Å². The van der Waals surface area contributed by atoms with Crippen LogP contribution in [0.25, 0.3) is 0 Å². The Morgan fingerprint density at radius 3 is 2.56 bits per heavy atom. The van der Waals surface area contributed by atoms with Crippen LogP contribution in [0.2, 0.25) is 5.15 Å². The van der Waals surface area contributed by atoms with E-state index in [2.05, 4.69) is 57.9 Å². The zero-order chi connectivity index (χ0) is 17.5. The normalized spacial score (nSPS) is 16.2. The van der Waals surface area contributed by atoms with Gasteiger partial charge in [-0.25, -0.2) is 9.98 Å². The monoisotopic (exact) mass is 356 g/mol. The first-order valence-electron chi connectivity index (χ1n) is 8.90. The molecule has 0 unspecified atom stereocenters. The summed E-state index contributed by atoms with van der Waals surface area (Å²) < 4.78 is 0. The summed E-state index contributed by atoms with van der Waals surface area (Å²) in [6.45, 7) is 4.40. The summed E-state index contributed by atoms with van der Waals surface area (Å²) in [6.07, 6.45) is 5.52. The van der Waals surface area contributed by atoms with Gasteiger partial charge in [-0.15, -0.1) is 0 Å². The van der Waals surface area contributed by atoms with Gasteiger partial charge in [-0.1, -0.05) is 54.4 Å². The molecule has 1 aromatic carbocycles. The molecule has 0 spiro atoms. The van der Waals surface area contributed by atoms with Gasteiger partial charge in [0.1, 0.15) is 5.15 Å². The number of hydrogen-bond donors (Lipinski definition) is 2. The van der Waals surface area contributed by atoms with Crippen molar-refractivity contribution in [1.29, 1.82) is 0 Å². The number of benzene rings is 1. The predicted molar refractivity (Wildman–Crippen MR) is 104 cm³/mol. The van der Waals surface area contributed by atoms with Gasteiger partial charge in [-0.05, 0) is 37.0 Å². The summed E-state index contributed by atoms with van der Waals surface area (Å²) in [6, 6.07) is 14.6. The number of hydrogen-bond acceptors (Lipinski definition) is 2. The zero-order valence-corrected chi connectivity index (χ0v) is 15.4. The molecule has 0 atom stereocenters. The average molecular weight is 357 g/mol. The highest BCUT2D eigenvalue weighted by molar-refractivity contribution is 6.29. The van der Waals surface area contributed by atoms with Crippen LogP contribution < -0.4 is 10.6 Å². The van der Waals surface area contributed by atoms with E-state index in [1.807, 2.05) is 6.07 Å². The number of aromatic nitrogens is 1. The Morgan fingerprint density at radius 1 is 1.16 bits per heavy atom. The summed E-state index contributed by atoms with van der Waals surface area (Å²) >= 11 is 5.83. The first-order chi connectivity index (χ1) is 12.2. The van der Waals surface area contributed by atoms with Crippen molar-refractivity contribution in [2.45, 2.75) is 38.1 Å². The van der Waals surface area contributed by atoms with Gasteiger partial charge in [0, 0.05) is 24.7 Å². The number of halogens is 1. The summed E-state index contributed by atoms with van der Waals surface area (Å²) in [7, 11) is 0. The second-order valence-corrected chi connectivity index (χ2v) is 6.93. The van der Waals surface area contributed by atoms with Crippen molar-refractivity contribution >= 4 is 17.6 Å². The van der Waals surface area contributed by atoms with Gasteiger partial charge in [0.05, 0.1) is 6.54 Å². The van der Waals surface area contributed by atoms with E-state index in [4.69, 9.17) is 11.6 Å². The summed E-state index contributed by atoms with van der Waals surface area (Å²) in [5.74, 6) is 0.847. The van der Waals surface area contributed by atoms with Crippen molar-refractivity contribution in [2.75, 3.05) is 13.1 Å². The molecule has 0 saturated heterocycles. The summed E-state index contributed by atoms with van der Waals surface area (Å²) in [5.41, 5.74) is 2.70. The number of pyridine rings is 1. The molecule has 1 aromatic heterocycles. The molecule has 0 aliphatic heterocycles. The minimum absolute atomic E-state index is 0.235. The van der Waals surface area contributed by atoms with Crippen molar-refractivity contribution in [3.63, 3.8) is 0 Å². The highest BCUT2D eigenvalue weighted by atomic mass is 35.5. The molecule has 1 heterocycles. The molecule has 5 heteroatoms. The zero-order valence-electron chi connectivity index (χ0n) is 14.6. The second-order valence-electron chi connectivity index (χ2n) is 6.54. The van der Waals surface area contributed by atoms with Gasteiger partial charge < -0.3 is 10.6 Å². The molecule has 25 heavy (non-hydrogen) atoms. The second kappa shape index (κ2) is 8.34. The molecule has 132 valence electrons. The third kappa shape index (κ3) is 4.51. The highest BCUT2D eigenvalue weighted by Gasteiger charge is 2.38. The van der Waals surface area contributed by atoms with Gasteiger partial charge in [-0.2, -0.15) is 0 Å². The predicted octanol–water partition coefficient (Wildman–Crippen LogP) is 3.91. The minimum atomic E-state index is 0.235. The van der Waals surface area contributed by atoms with Crippen LogP contribution in [-0.2, 0) is 12.0 Å².